The number of nitrogens with one attached hydrogen (secondary N) is 2. The van der Waals surface area contributed by atoms with Gasteiger partial charge in [-0.3, -0.25) is 4.68 Å². The lowest BCUT2D eigenvalue weighted by Crippen LogP contribution is -2.46. The van der Waals surface area contributed by atoms with Gasteiger partial charge in [-0.05, 0) is 18.4 Å². The summed E-state index contributed by atoms with van der Waals surface area (Å²) in [4.78, 5) is 22.1. The molecule has 100 valence electrons. The van der Waals surface area contributed by atoms with Crippen molar-refractivity contribution < 1.29 is 14.7 Å². The van der Waals surface area contributed by atoms with Gasteiger partial charge in [-0.2, -0.15) is 5.10 Å². The normalized spacial score (nSPS) is 11.9. The monoisotopic (exact) mass is 254 g/mol. The summed E-state index contributed by atoms with van der Waals surface area (Å²) in [6.07, 6.45) is 4.61. The molecule has 1 unspecified atom stereocenters. The molecular weight excluding hydrogens is 236 g/mol. The Morgan fingerprint density at radius 1 is 1.56 bits per heavy atom. The van der Waals surface area contributed by atoms with Gasteiger partial charge in [0.05, 0.1) is 6.20 Å². The van der Waals surface area contributed by atoms with Crippen molar-refractivity contribution >= 4 is 12.0 Å². The van der Waals surface area contributed by atoms with Gasteiger partial charge in [0, 0.05) is 19.8 Å². The van der Waals surface area contributed by atoms with E-state index in [-0.39, 0.29) is 0 Å². The molecule has 0 aromatic carbocycles. The number of rotatable bonds is 6. The molecule has 0 saturated carbocycles. The Hall–Kier alpha value is -2.05. The van der Waals surface area contributed by atoms with Gasteiger partial charge in [0.25, 0.3) is 0 Å². The van der Waals surface area contributed by atoms with E-state index in [1.54, 1.807) is 17.8 Å². The predicted molar refractivity (Wildman–Crippen MR) is 65.2 cm³/mol. The van der Waals surface area contributed by atoms with Crippen LogP contribution in [0.4, 0.5) is 4.79 Å². The molecule has 7 nitrogen and oxygen atoms in total. The molecule has 0 spiro atoms. The number of aliphatic carboxylic acids is 1. The molecule has 1 aromatic rings. The molecule has 3 N–H and O–H groups in total. The fraction of sp³-hybridized carbons (Fsp3) is 0.545. The Bertz CT molecular complexity index is 416. The predicted octanol–water partition coefficient (Wildman–Crippen LogP) is 0.125. The van der Waals surface area contributed by atoms with Crippen LogP contribution >= 0.6 is 0 Å². The second-order valence-corrected chi connectivity index (χ2v) is 3.97. The quantitative estimate of drug-likeness (QED) is 0.672. The van der Waals surface area contributed by atoms with Crippen LogP contribution in [0.15, 0.2) is 12.4 Å². The van der Waals surface area contributed by atoms with E-state index in [1.807, 2.05) is 13.2 Å². The van der Waals surface area contributed by atoms with Gasteiger partial charge in [0.15, 0.2) is 0 Å². The van der Waals surface area contributed by atoms with Crippen LogP contribution in [0.25, 0.3) is 0 Å². The number of carboxylic acid groups (broad SMARTS) is 1. The van der Waals surface area contributed by atoms with Gasteiger partial charge in [-0.1, -0.05) is 6.92 Å². The third kappa shape index (κ3) is 4.44. The van der Waals surface area contributed by atoms with Crippen molar-refractivity contribution in [3.63, 3.8) is 0 Å². The lowest BCUT2D eigenvalue weighted by molar-refractivity contribution is -0.139. The number of nitrogens with zero attached hydrogens (tertiary/aromatic N) is 2. The zero-order chi connectivity index (χ0) is 13.5. The number of urea groups is 1. The van der Waals surface area contributed by atoms with E-state index in [1.165, 1.54) is 0 Å². The lowest BCUT2D eigenvalue weighted by Gasteiger charge is -2.12. The molecule has 1 heterocycles. The molecule has 1 rings (SSSR count). The highest BCUT2D eigenvalue weighted by atomic mass is 16.4. The van der Waals surface area contributed by atoms with Gasteiger partial charge in [-0.15, -0.1) is 0 Å². The van der Waals surface area contributed by atoms with Crippen molar-refractivity contribution in [1.82, 2.24) is 20.4 Å². The lowest BCUT2D eigenvalue weighted by atomic mass is 10.2. The van der Waals surface area contributed by atoms with Gasteiger partial charge < -0.3 is 15.7 Å². The number of amides is 2. The molecule has 0 aliphatic carbocycles. The minimum Gasteiger partial charge on any atom is -0.480 e. The Morgan fingerprint density at radius 3 is 2.78 bits per heavy atom. The highest BCUT2D eigenvalue weighted by Gasteiger charge is 2.16. The third-order valence-electron chi connectivity index (χ3n) is 2.47. The molecule has 0 fully saturated rings. The van der Waals surface area contributed by atoms with Crippen LogP contribution < -0.4 is 10.6 Å². The highest BCUT2D eigenvalue weighted by Crippen LogP contribution is 1.96. The summed E-state index contributed by atoms with van der Waals surface area (Å²) in [5, 5.41) is 17.8. The number of carbonyl (C=O) groups excluding carboxylic acids is 1. The second-order valence-electron chi connectivity index (χ2n) is 3.97. The molecule has 1 atom stereocenters. The minimum absolute atomic E-state index is 0.353. The first-order valence-corrected chi connectivity index (χ1v) is 5.77. The van der Waals surface area contributed by atoms with E-state index in [2.05, 4.69) is 15.7 Å². The average Bonchev–Trinajstić information content (AvgIpc) is 2.71. The van der Waals surface area contributed by atoms with Crippen molar-refractivity contribution in [2.24, 2.45) is 7.05 Å². The van der Waals surface area contributed by atoms with Crippen LogP contribution in [-0.2, 0) is 18.3 Å². The molecule has 0 radical (unpaired) electrons. The van der Waals surface area contributed by atoms with Crippen LogP contribution in [0.2, 0.25) is 0 Å². The highest BCUT2D eigenvalue weighted by molar-refractivity contribution is 5.82. The summed E-state index contributed by atoms with van der Waals surface area (Å²) in [6.45, 7) is 2.14. The molecular formula is C11H18N4O3. The Balaban J connectivity index is 2.26. The fourth-order valence-corrected chi connectivity index (χ4v) is 1.47. The van der Waals surface area contributed by atoms with Crippen molar-refractivity contribution in [2.75, 3.05) is 6.54 Å². The molecule has 2 amide bonds. The maximum atomic E-state index is 11.4. The van der Waals surface area contributed by atoms with Crippen molar-refractivity contribution in [3.8, 4) is 0 Å². The smallest absolute Gasteiger partial charge is 0.326 e. The van der Waals surface area contributed by atoms with E-state index in [9.17, 15) is 9.59 Å². The van der Waals surface area contributed by atoms with Crippen LogP contribution in [0.3, 0.4) is 0 Å². The van der Waals surface area contributed by atoms with Crippen LogP contribution in [0.5, 0.6) is 0 Å². The summed E-state index contributed by atoms with van der Waals surface area (Å²) in [5.41, 5.74) is 1.02. The second kappa shape index (κ2) is 6.63. The van der Waals surface area contributed by atoms with E-state index in [4.69, 9.17) is 5.11 Å². The van der Waals surface area contributed by atoms with Crippen molar-refractivity contribution in [3.05, 3.63) is 18.0 Å². The summed E-state index contributed by atoms with van der Waals surface area (Å²) < 4.78 is 1.69. The van der Waals surface area contributed by atoms with Gasteiger partial charge in [-0.25, -0.2) is 9.59 Å². The molecule has 0 saturated heterocycles. The third-order valence-corrected chi connectivity index (χ3v) is 2.47. The van der Waals surface area contributed by atoms with Crippen LogP contribution in [0.1, 0.15) is 18.9 Å². The number of hydrogen-bond donors (Lipinski definition) is 3. The first-order valence-electron chi connectivity index (χ1n) is 5.77. The van der Waals surface area contributed by atoms with Gasteiger partial charge in [0.1, 0.15) is 6.04 Å². The van der Waals surface area contributed by atoms with E-state index < -0.39 is 18.0 Å². The summed E-state index contributed by atoms with van der Waals surface area (Å²) in [7, 11) is 1.82. The maximum Gasteiger partial charge on any atom is 0.326 e. The standard InChI is InChI=1S/C11H18N4O3/c1-3-9(10(16)17)14-11(18)12-5-4-8-6-13-15(2)7-8/h6-7,9H,3-5H2,1-2H3,(H,16,17)(H2,12,14,18). The number of aromatic nitrogens is 2. The number of aryl methyl sites for hydroxylation is 1. The molecule has 0 aliphatic heterocycles. The minimum atomic E-state index is -1.03. The topological polar surface area (TPSA) is 96.3 Å². The Morgan fingerprint density at radius 2 is 2.28 bits per heavy atom. The average molecular weight is 254 g/mol. The zero-order valence-electron chi connectivity index (χ0n) is 10.5. The number of carboxylic acids is 1. The molecule has 0 bridgehead atoms. The van der Waals surface area contributed by atoms with Gasteiger partial charge >= 0.3 is 12.0 Å². The van der Waals surface area contributed by atoms with E-state index >= 15 is 0 Å². The molecule has 18 heavy (non-hydrogen) atoms. The fourth-order valence-electron chi connectivity index (χ4n) is 1.47. The summed E-state index contributed by atoms with van der Waals surface area (Å²) in [5.74, 6) is -1.03. The van der Waals surface area contributed by atoms with E-state index in [0.29, 0.717) is 19.4 Å². The van der Waals surface area contributed by atoms with Gasteiger partial charge in [0.2, 0.25) is 0 Å². The number of hydrogen-bond acceptors (Lipinski definition) is 3. The molecule has 1 aromatic heterocycles. The first kappa shape index (κ1) is 14.0. The van der Waals surface area contributed by atoms with Crippen molar-refractivity contribution in [1.29, 1.82) is 0 Å². The molecule has 7 heteroatoms. The van der Waals surface area contributed by atoms with E-state index in [0.717, 1.165) is 5.56 Å². The maximum absolute atomic E-state index is 11.4. The first-order chi connectivity index (χ1) is 8.52. The largest absolute Gasteiger partial charge is 0.480 e. The number of carbonyl (C=O) groups is 2. The molecule has 0 aliphatic rings. The van der Waals surface area contributed by atoms with Crippen LogP contribution in [-0.4, -0.2) is 39.5 Å². The Labute approximate surface area is 105 Å². The van der Waals surface area contributed by atoms with Crippen molar-refractivity contribution in [2.45, 2.75) is 25.8 Å². The van der Waals surface area contributed by atoms with Crippen LogP contribution in [0, 0.1) is 0 Å². The summed E-state index contributed by atoms with van der Waals surface area (Å²) in [6, 6.07) is -1.31. The summed E-state index contributed by atoms with van der Waals surface area (Å²) >= 11 is 0. The SMILES string of the molecule is CCC(NC(=O)NCCc1cnn(C)c1)C(=O)O. The zero-order valence-corrected chi connectivity index (χ0v) is 10.5. The Kier molecular flexibility index (Phi) is 5.16.